The zero-order valence-electron chi connectivity index (χ0n) is 8.12. The van der Waals surface area contributed by atoms with E-state index in [1.54, 1.807) is 0 Å². The van der Waals surface area contributed by atoms with Crippen LogP contribution in [0, 0.1) is 6.10 Å². The lowest BCUT2D eigenvalue weighted by Gasteiger charge is -2.12. The maximum absolute atomic E-state index is 5.51. The van der Waals surface area contributed by atoms with Gasteiger partial charge < -0.3 is 9.47 Å². The van der Waals surface area contributed by atoms with Crippen LogP contribution in [0.2, 0.25) is 0 Å². The minimum Gasteiger partial charge on any atom is -0.481 e. The highest BCUT2D eigenvalue weighted by molar-refractivity contribution is 5.22. The summed E-state index contributed by atoms with van der Waals surface area (Å²) in [5.74, 6) is 0.861. The molecule has 0 fully saturated rings. The maximum Gasteiger partial charge on any atom is 0.171 e. The van der Waals surface area contributed by atoms with Crippen LogP contribution in [0.1, 0.15) is 13.8 Å². The number of para-hydroxylation sites is 1. The van der Waals surface area contributed by atoms with Crippen LogP contribution in [-0.4, -0.2) is 13.2 Å². The van der Waals surface area contributed by atoms with E-state index < -0.39 is 0 Å². The van der Waals surface area contributed by atoms with Crippen molar-refractivity contribution in [2.45, 2.75) is 13.8 Å². The summed E-state index contributed by atoms with van der Waals surface area (Å²) in [6, 6.07) is 9.71. The quantitative estimate of drug-likeness (QED) is 0.691. The highest BCUT2D eigenvalue weighted by Crippen LogP contribution is 2.13. The summed E-state index contributed by atoms with van der Waals surface area (Å²) in [6.07, 6.45) is 0.882. The molecule has 0 unspecified atom stereocenters. The molecule has 0 amide bonds. The molecule has 0 bridgehead atoms. The first-order valence-corrected chi connectivity index (χ1v) is 4.46. The molecule has 0 heterocycles. The number of hydrogen-bond donors (Lipinski definition) is 0. The Morgan fingerprint density at radius 2 is 1.92 bits per heavy atom. The van der Waals surface area contributed by atoms with Crippen molar-refractivity contribution in [2.75, 3.05) is 13.2 Å². The van der Waals surface area contributed by atoms with Gasteiger partial charge in [0.25, 0.3) is 0 Å². The molecule has 0 aliphatic rings. The van der Waals surface area contributed by atoms with Crippen LogP contribution in [0.3, 0.4) is 0 Å². The van der Waals surface area contributed by atoms with Gasteiger partial charge >= 0.3 is 0 Å². The molecule has 0 atom stereocenters. The molecule has 0 aliphatic carbocycles. The van der Waals surface area contributed by atoms with Gasteiger partial charge in [-0.1, -0.05) is 18.2 Å². The van der Waals surface area contributed by atoms with Gasteiger partial charge in [-0.15, -0.1) is 0 Å². The summed E-state index contributed by atoms with van der Waals surface area (Å²) in [7, 11) is 0. The molecular weight excluding hydrogens is 164 g/mol. The van der Waals surface area contributed by atoms with Crippen LogP contribution >= 0.6 is 0 Å². The second-order valence-electron chi connectivity index (χ2n) is 2.75. The Morgan fingerprint density at radius 1 is 1.23 bits per heavy atom. The van der Waals surface area contributed by atoms with Crippen molar-refractivity contribution >= 4 is 0 Å². The molecule has 0 aliphatic heterocycles. The van der Waals surface area contributed by atoms with Gasteiger partial charge in [-0.25, -0.2) is 0 Å². The Balaban J connectivity index is 2.32. The van der Waals surface area contributed by atoms with E-state index in [9.17, 15) is 0 Å². The maximum atomic E-state index is 5.51. The normalized spacial score (nSPS) is 10.4. The fourth-order valence-electron chi connectivity index (χ4n) is 0.965. The third-order valence-corrected chi connectivity index (χ3v) is 1.54. The van der Waals surface area contributed by atoms with E-state index in [4.69, 9.17) is 9.47 Å². The standard InChI is InChI=1S/C11H15O2/c1-3-12-9-10(2)13-11-7-5-4-6-8-11/h4-8H,3,9H2,1-2H3. The van der Waals surface area contributed by atoms with Gasteiger partial charge in [-0.3, -0.25) is 0 Å². The number of rotatable bonds is 5. The Bertz CT molecular complexity index is 221. The van der Waals surface area contributed by atoms with Crippen LogP contribution in [-0.2, 0) is 4.74 Å². The summed E-state index contributed by atoms with van der Waals surface area (Å²) in [6.45, 7) is 5.17. The van der Waals surface area contributed by atoms with E-state index in [-0.39, 0.29) is 0 Å². The van der Waals surface area contributed by atoms with E-state index in [0.717, 1.165) is 18.5 Å². The fraction of sp³-hybridized carbons (Fsp3) is 0.364. The van der Waals surface area contributed by atoms with Crippen molar-refractivity contribution in [3.63, 3.8) is 0 Å². The summed E-state index contributed by atoms with van der Waals surface area (Å²) in [5, 5.41) is 0. The third-order valence-electron chi connectivity index (χ3n) is 1.54. The lowest BCUT2D eigenvalue weighted by molar-refractivity contribution is 0.115. The molecule has 13 heavy (non-hydrogen) atoms. The molecule has 0 N–H and O–H groups in total. The third kappa shape index (κ3) is 3.95. The SMILES string of the molecule is CCOC[C](C)Oc1ccccc1. The molecule has 2 heteroatoms. The molecule has 2 nitrogen and oxygen atoms in total. The molecule has 1 aromatic rings. The van der Waals surface area contributed by atoms with Crippen molar-refractivity contribution in [2.24, 2.45) is 0 Å². The van der Waals surface area contributed by atoms with E-state index in [1.165, 1.54) is 0 Å². The Labute approximate surface area is 79.5 Å². The van der Waals surface area contributed by atoms with E-state index in [2.05, 4.69) is 0 Å². The van der Waals surface area contributed by atoms with E-state index in [1.807, 2.05) is 44.2 Å². The highest BCUT2D eigenvalue weighted by Gasteiger charge is 2.03. The van der Waals surface area contributed by atoms with Crippen molar-refractivity contribution in [1.29, 1.82) is 0 Å². The lowest BCUT2D eigenvalue weighted by Crippen LogP contribution is -2.10. The minimum absolute atomic E-state index is 0.561. The average molecular weight is 179 g/mol. The van der Waals surface area contributed by atoms with Crippen molar-refractivity contribution in [3.05, 3.63) is 36.4 Å². The zero-order chi connectivity index (χ0) is 9.52. The molecular formula is C11H15O2. The second-order valence-corrected chi connectivity index (χ2v) is 2.75. The van der Waals surface area contributed by atoms with E-state index in [0.29, 0.717) is 6.61 Å². The topological polar surface area (TPSA) is 18.5 Å². The molecule has 1 rings (SSSR count). The smallest absolute Gasteiger partial charge is 0.171 e. The molecule has 1 aromatic carbocycles. The van der Waals surface area contributed by atoms with Gasteiger partial charge in [0.15, 0.2) is 6.10 Å². The van der Waals surface area contributed by atoms with Crippen molar-refractivity contribution in [3.8, 4) is 5.75 Å². The van der Waals surface area contributed by atoms with Gasteiger partial charge in [0.2, 0.25) is 0 Å². The fourth-order valence-corrected chi connectivity index (χ4v) is 0.965. The molecule has 71 valence electrons. The van der Waals surface area contributed by atoms with Crippen LogP contribution in [0.4, 0.5) is 0 Å². The first-order valence-electron chi connectivity index (χ1n) is 4.46. The Kier molecular flexibility index (Phi) is 4.33. The first-order chi connectivity index (χ1) is 6.33. The van der Waals surface area contributed by atoms with Gasteiger partial charge in [0, 0.05) is 6.61 Å². The molecule has 0 saturated carbocycles. The van der Waals surface area contributed by atoms with Gasteiger partial charge in [0.1, 0.15) is 5.75 Å². The summed E-state index contributed by atoms with van der Waals surface area (Å²) in [4.78, 5) is 0. The van der Waals surface area contributed by atoms with Crippen LogP contribution < -0.4 is 4.74 Å². The van der Waals surface area contributed by atoms with Gasteiger partial charge in [-0.05, 0) is 26.0 Å². The van der Waals surface area contributed by atoms with Crippen molar-refractivity contribution in [1.82, 2.24) is 0 Å². The first kappa shape index (κ1) is 10.1. The Morgan fingerprint density at radius 3 is 2.54 bits per heavy atom. The van der Waals surface area contributed by atoms with Gasteiger partial charge in [0.05, 0.1) is 6.61 Å². The molecule has 0 saturated heterocycles. The van der Waals surface area contributed by atoms with Gasteiger partial charge in [-0.2, -0.15) is 0 Å². The number of ether oxygens (including phenoxy) is 2. The predicted molar refractivity (Wildman–Crippen MR) is 52.5 cm³/mol. The average Bonchev–Trinajstić information content (AvgIpc) is 2.16. The summed E-state index contributed by atoms with van der Waals surface area (Å²) in [5.41, 5.74) is 0. The monoisotopic (exact) mass is 179 g/mol. The second kappa shape index (κ2) is 5.60. The van der Waals surface area contributed by atoms with Crippen molar-refractivity contribution < 1.29 is 9.47 Å². The van der Waals surface area contributed by atoms with Crippen LogP contribution in [0.15, 0.2) is 30.3 Å². The predicted octanol–water partition coefficient (Wildman–Crippen LogP) is 2.65. The lowest BCUT2D eigenvalue weighted by atomic mass is 10.3. The number of benzene rings is 1. The van der Waals surface area contributed by atoms with Crippen LogP contribution in [0.25, 0.3) is 0 Å². The van der Waals surface area contributed by atoms with E-state index >= 15 is 0 Å². The number of hydrogen-bond acceptors (Lipinski definition) is 2. The van der Waals surface area contributed by atoms with Crippen LogP contribution in [0.5, 0.6) is 5.75 Å². The Hall–Kier alpha value is -1.02. The highest BCUT2D eigenvalue weighted by atomic mass is 16.5. The minimum atomic E-state index is 0.561. The summed E-state index contributed by atoms with van der Waals surface area (Å²) < 4.78 is 10.7. The molecule has 1 radical (unpaired) electrons. The molecule has 0 spiro atoms. The zero-order valence-corrected chi connectivity index (χ0v) is 8.12. The largest absolute Gasteiger partial charge is 0.481 e. The molecule has 0 aromatic heterocycles. The summed E-state index contributed by atoms with van der Waals surface area (Å²) >= 11 is 0.